The normalized spacial score (nSPS) is 33.9. The van der Waals surface area contributed by atoms with Crippen LogP contribution in [0.5, 0.6) is 0 Å². The van der Waals surface area contributed by atoms with Crippen LogP contribution in [0.25, 0.3) is 0 Å². The third-order valence-corrected chi connectivity index (χ3v) is 4.56. The predicted octanol–water partition coefficient (Wildman–Crippen LogP) is 3.07. The average molecular weight is 297 g/mol. The first-order chi connectivity index (χ1) is 8.09. The molecule has 1 aliphatic carbocycles. The second kappa shape index (κ2) is 3.95. The second-order valence-electron chi connectivity index (χ2n) is 5.58. The van der Waals surface area contributed by atoms with Gasteiger partial charge in [-0.3, -0.25) is 4.98 Å². The van der Waals surface area contributed by atoms with Gasteiger partial charge >= 0.3 is 0 Å². The van der Waals surface area contributed by atoms with Crippen LogP contribution in [-0.4, -0.2) is 23.7 Å². The third-order valence-electron chi connectivity index (χ3n) is 4.13. The molecule has 1 saturated heterocycles. The molecule has 92 valence electrons. The van der Waals surface area contributed by atoms with Gasteiger partial charge in [-0.25, -0.2) is 0 Å². The molecule has 17 heavy (non-hydrogen) atoms. The van der Waals surface area contributed by atoms with Crippen molar-refractivity contribution in [3.8, 4) is 0 Å². The molecule has 1 aromatic rings. The van der Waals surface area contributed by atoms with Gasteiger partial charge in [-0.2, -0.15) is 0 Å². The van der Waals surface area contributed by atoms with E-state index in [9.17, 15) is 0 Å². The first-order valence-corrected chi connectivity index (χ1v) is 6.87. The molecule has 3 unspecified atom stereocenters. The predicted molar refractivity (Wildman–Crippen MR) is 71.0 cm³/mol. The Kier molecular flexibility index (Phi) is 2.67. The van der Waals surface area contributed by atoms with E-state index in [2.05, 4.69) is 46.1 Å². The number of fused-ring (bicyclic) bond motifs is 1. The molecule has 1 aromatic heterocycles. The van der Waals surface area contributed by atoms with E-state index in [1.54, 1.807) is 6.20 Å². The summed E-state index contributed by atoms with van der Waals surface area (Å²) < 4.78 is 6.81. The SMILES string of the molecule is CC1(C)C(Nc2cncc(Br)c2)C2CCOC21. The second-order valence-corrected chi connectivity index (χ2v) is 6.49. The first-order valence-electron chi connectivity index (χ1n) is 6.08. The van der Waals surface area contributed by atoms with Crippen LogP contribution in [0, 0.1) is 11.3 Å². The fourth-order valence-electron chi connectivity index (χ4n) is 3.29. The number of ether oxygens (including phenoxy) is 1. The molecular weight excluding hydrogens is 280 g/mol. The number of pyridine rings is 1. The van der Waals surface area contributed by atoms with Crippen molar-refractivity contribution in [1.29, 1.82) is 0 Å². The van der Waals surface area contributed by atoms with Gasteiger partial charge in [0.2, 0.25) is 0 Å². The number of aromatic nitrogens is 1. The van der Waals surface area contributed by atoms with Gasteiger partial charge in [-0.05, 0) is 28.4 Å². The van der Waals surface area contributed by atoms with Gasteiger partial charge in [0.05, 0.1) is 18.0 Å². The average Bonchev–Trinajstić information content (AvgIpc) is 2.72. The first kappa shape index (κ1) is 11.5. The minimum Gasteiger partial charge on any atom is -0.380 e. The lowest BCUT2D eigenvalue weighted by atomic mass is 9.57. The Labute approximate surface area is 110 Å². The highest BCUT2D eigenvalue weighted by Gasteiger charge is 2.59. The van der Waals surface area contributed by atoms with E-state index in [0.717, 1.165) is 16.8 Å². The van der Waals surface area contributed by atoms with Crippen molar-refractivity contribution >= 4 is 21.6 Å². The Bertz CT molecular complexity index is 435. The Morgan fingerprint density at radius 1 is 1.47 bits per heavy atom. The highest BCUT2D eigenvalue weighted by atomic mass is 79.9. The van der Waals surface area contributed by atoms with E-state index >= 15 is 0 Å². The summed E-state index contributed by atoms with van der Waals surface area (Å²) in [6.07, 6.45) is 5.29. The molecule has 3 atom stereocenters. The molecule has 0 aromatic carbocycles. The van der Waals surface area contributed by atoms with E-state index in [0.29, 0.717) is 18.1 Å². The van der Waals surface area contributed by atoms with Crippen molar-refractivity contribution in [2.75, 3.05) is 11.9 Å². The van der Waals surface area contributed by atoms with Gasteiger partial charge in [0.1, 0.15) is 0 Å². The van der Waals surface area contributed by atoms with E-state index in [-0.39, 0.29) is 5.41 Å². The minimum atomic E-state index is 0.212. The van der Waals surface area contributed by atoms with Crippen LogP contribution in [0.3, 0.4) is 0 Å². The zero-order chi connectivity index (χ0) is 12.0. The molecule has 1 N–H and O–H groups in total. The lowest BCUT2D eigenvalue weighted by molar-refractivity contribution is -0.0923. The molecule has 3 nitrogen and oxygen atoms in total. The van der Waals surface area contributed by atoms with Crippen molar-refractivity contribution in [2.24, 2.45) is 11.3 Å². The fourth-order valence-corrected chi connectivity index (χ4v) is 3.65. The van der Waals surface area contributed by atoms with E-state index in [4.69, 9.17) is 4.74 Å². The van der Waals surface area contributed by atoms with Gasteiger partial charge < -0.3 is 10.1 Å². The molecule has 1 aliphatic heterocycles. The van der Waals surface area contributed by atoms with Crippen LogP contribution in [0.15, 0.2) is 22.9 Å². The summed E-state index contributed by atoms with van der Waals surface area (Å²) in [5, 5.41) is 3.61. The summed E-state index contributed by atoms with van der Waals surface area (Å²) in [5.41, 5.74) is 1.30. The van der Waals surface area contributed by atoms with Crippen LogP contribution < -0.4 is 5.32 Å². The largest absolute Gasteiger partial charge is 0.380 e. The van der Waals surface area contributed by atoms with Crippen LogP contribution in [0.2, 0.25) is 0 Å². The van der Waals surface area contributed by atoms with E-state index in [1.807, 2.05) is 6.20 Å². The lowest BCUT2D eigenvalue weighted by Crippen LogP contribution is -2.63. The maximum Gasteiger partial charge on any atom is 0.0694 e. The summed E-state index contributed by atoms with van der Waals surface area (Å²) in [5.74, 6) is 0.656. The lowest BCUT2D eigenvalue weighted by Gasteiger charge is -2.55. The smallest absolute Gasteiger partial charge is 0.0694 e. The molecule has 2 fully saturated rings. The molecular formula is C13H17BrN2O. The van der Waals surface area contributed by atoms with Crippen molar-refractivity contribution in [3.63, 3.8) is 0 Å². The maximum atomic E-state index is 5.79. The highest BCUT2D eigenvalue weighted by molar-refractivity contribution is 9.10. The zero-order valence-electron chi connectivity index (χ0n) is 10.1. The van der Waals surface area contributed by atoms with Crippen LogP contribution >= 0.6 is 15.9 Å². The summed E-state index contributed by atoms with van der Waals surface area (Å²) in [7, 11) is 0. The Morgan fingerprint density at radius 3 is 3.06 bits per heavy atom. The van der Waals surface area contributed by atoms with Crippen molar-refractivity contribution in [3.05, 3.63) is 22.9 Å². The monoisotopic (exact) mass is 296 g/mol. The number of hydrogen-bond acceptors (Lipinski definition) is 3. The van der Waals surface area contributed by atoms with Crippen molar-refractivity contribution < 1.29 is 4.74 Å². The number of hydrogen-bond donors (Lipinski definition) is 1. The summed E-state index contributed by atoms with van der Waals surface area (Å²) in [4.78, 5) is 4.19. The van der Waals surface area contributed by atoms with E-state index in [1.165, 1.54) is 6.42 Å². The quantitative estimate of drug-likeness (QED) is 0.911. The highest BCUT2D eigenvalue weighted by Crippen LogP contribution is 2.53. The maximum absolute atomic E-state index is 5.79. The number of anilines is 1. The summed E-state index contributed by atoms with van der Waals surface area (Å²) in [6.45, 7) is 5.47. The standard InChI is InChI=1S/C13H17BrN2O/c1-13(2)11(10-3-4-17-12(10)13)16-9-5-8(14)6-15-7-9/h5-7,10-12,16H,3-4H2,1-2H3. The molecule has 4 heteroatoms. The fraction of sp³-hybridized carbons (Fsp3) is 0.615. The van der Waals surface area contributed by atoms with Crippen molar-refractivity contribution in [1.82, 2.24) is 4.98 Å². The molecule has 2 heterocycles. The molecule has 0 radical (unpaired) electrons. The van der Waals surface area contributed by atoms with Gasteiger partial charge in [0.25, 0.3) is 0 Å². The summed E-state index contributed by atoms with van der Waals surface area (Å²) in [6, 6.07) is 2.57. The topological polar surface area (TPSA) is 34.2 Å². The number of nitrogens with zero attached hydrogens (tertiary/aromatic N) is 1. The molecule has 0 amide bonds. The Morgan fingerprint density at radius 2 is 2.29 bits per heavy atom. The molecule has 0 spiro atoms. The van der Waals surface area contributed by atoms with Gasteiger partial charge in [0.15, 0.2) is 0 Å². The number of halogens is 1. The molecule has 0 bridgehead atoms. The third kappa shape index (κ3) is 1.78. The Balaban J connectivity index is 1.77. The van der Waals surface area contributed by atoms with Crippen molar-refractivity contribution in [2.45, 2.75) is 32.4 Å². The van der Waals surface area contributed by atoms with Gasteiger partial charge in [-0.15, -0.1) is 0 Å². The number of nitrogens with one attached hydrogen (secondary N) is 1. The number of rotatable bonds is 2. The van der Waals surface area contributed by atoms with Crippen LogP contribution in [-0.2, 0) is 4.74 Å². The molecule has 1 saturated carbocycles. The minimum absolute atomic E-state index is 0.212. The van der Waals surface area contributed by atoms with Crippen LogP contribution in [0.1, 0.15) is 20.3 Å². The van der Waals surface area contributed by atoms with Gasteiger partial charge in [-0.1, -0.05) is 13.8 Å². The zero-order valence-corrected chi connectivity index (χ0v) is 11.7. The molecule has 2 aliphatic rings. The Hall–Kier alpha value is -0.610. The summed E-state index contributed by atoms with van der Waals surface area (Å²) >= 11 is 3.45. The van der Waals surface area contributed by atoms with Crippen LogP contribution in [0.4, 0.5) is 5.69 Å². The van der Waals surface area contributed by atoms with Gasteiger partial charge in [0, 0.05) is 34.7 Å². The molecule has 3 rings (SSSR count). The van der Waals surface area contributed by atoms with E-state index < -0.39 is 0 Å².